The highest BCUT2D eigenvalue weighted by atomic mass is 35.5. The molecule has 0 atom stereocenters. The first-order valence-electron chi connectivity index (χ1n) is 10.5. The molecule has 0 radical (unpaired) electrons. The zero-order chi connectivity index (χ0) is 20.8. The van der Waals surface area contributed by atoms with Crippen LogP contribution in [0.1, 0.15) is 18.4 Å². The molecule has 0 bridgehead atoms. The lowest BCUT2D eigenvalue weighted by molar-refractivity contribution is -0.126. The predicted molar refractivity (Wildman–Crippen MR) is 122 cm³/mol. The Kier molecular flexibility index (Phi) is 6.88. The third kappa shape index (κ3) is 5.32. The van der Waals surface area contributed by atoms with E-state index < -0.39 is 0 Å². The first-order valence-corrected chi connectivity index (χ1v) is 10.9. The van der Waals surface area contributed by atoms with E-state index in [1.807, 2.05) is 36.4 Å². The van der Waals surface area contributed by atoms with Gasteiger partial charge in [0.2, 0.25) is 5.91 Å². The van der Waals surface area contributed by atoms with E-state index in [1.54, 1.807) is 0 Å². The molecule has 3 aromatic carbocycles. The van der Waals surface area contributed by atoms with Crippen LogP contribution < -0.4 is 10.1 Å². The van der Waals surface area contributed by atoms with E-state index in [1.165, 1.54) is 5.56 Å². The lowest BCUT2D eigenvalue weighted by Gasteiger charge is -2.31. The summed E-state index contributed by atoms with van der Waals surface area (Å²) < 4.78 is 5.92. The number of halogens is 1. The number of nitrogens with zero attached hydrogens (tertiary/aromatic N) is 1. The summed E-state index contributed by atoms with van der Waals surface area (Å²) in [6.45, 7) is 3.77. The number of rotatable bonds is 7. The quantitative estimate of drug-likeness (QED) is 0.550. The number of likely N-dealkylation sites (tertiary alicyclic amines) is 1. The Bertz CT molecular complexity index is 977. The first-order chi connectivity index (χ1) is 14.7. The van der Waals surface area contributed by atoms with Gasteiger partial charge in [0.15, 0.2) is 0 Å². The van der Waals surface area contributed by atoms with Gasteiger partial charge in [0.25, 0.3) is 0 Å². The fourth-order valence-corrected chi connectivity index (χ4v) is 4.13. The third-order valence-corrected chi connectivity index (χ3v) is 5.94. The van der Waals surface area contributed by atoms with Crippen LogP contribution in [-0.4, -0.2) is 37.0 Å². The molecular formula is C25H27ClN2O2. The molecule has 30 heavy (non-hydrogen) atoms. The van der Waals surface area contributed by atoms with Crippen LogP contribution in [0.2, 0.25) is 5.02 Å². The highest BCUT2D eigenvalue weighted by Crippen LogP contribution is 2.25. The predicted octanol–water partition coefficient (Wildman–Crippen LogP) is 4.90. The number of carbonyl (C=O) groups is 1. The fourth-order valence-electron chi connectivity index (χ4n) is 4.00. The number of fused-ring (bicyclic) bond motifs is 1. The SMILES string of the molecule is O=C(NCCOc1cccc2ccccc12)C1CCN(Cc2ccc(Cl)cc2)CC1. The number of ether oxygens (including phenoxy) is 1. The molecule has 156 valence electrons. The number of hydrogen-bond acceptors (Lipinski definition) is 3. The summed E-state index contributed by atoms with van der Waals surface area (Å²) in [6.07, 6.45) is 1.78. The van der Waals surface area contributed by atoms with Crippen LogP contribution >= 0.6 is 11.6 Å². The van der Waals surface area contributed by atoms with Crippen LogP contribution in [0.25, 0.3) is 10.8 Å². The number of piperidine rings is 1. The smallest absolute Gasteiger partial charge is 0.223 e. The molecule has 5 heteroatoms. The molecular weight excluding hydrogens is 396 g/mol. The number of hydrogen-bond donors (Lipinski definition) is 1. The van der Waals surface area contributed by atoms with E-state index in [0.29, 0.717) is 13.2 Å². The van der Waals surface area contributed by atoms with E-state index in [4.69, 9.17) is 16.3 Å². The summed E-state index contributed by atoms with van der Waals surface area (Å²) >= 11 is 5.95. The van der Waals surface area contributed by atoms with E-state index >= 15 is 0 Å². The highest BCUT2D eigenvalue weighted by Gasteiger charge is 2.24. The van der Waals surface area contributed by atoms with Gasteiger partial charge in [-0.05, 0) is 55.1 Å². The maximum Gasteiger partial charge on any atom is 0.223 e. The Balaban J connectivity index is 1.18. The summed E-state index contributed by atoms with van der Waals surface area (Å²) in [5, 5.41) is 6.06. The maximum absolute atomic E-state index is 12.5. The largest absolute Gasteiger partial charge is 0.491 e. The Morgan fingerprint density at radius 3 is 2.53 bits per heavy atom. The van der Waals surface area contributed by atoms with Crippen molar-refractivity contribution in [3.63, 3.8) is 0 Å². The van der Waals surface area contributed by atoms with Crippen molar-refractivity contribution < 1.29 is 9.53 Å². The molecule has 0 saturated carbocycles. The molecule has 1 fully saturated rings. The zero-order valence-electron chi connectivity index (χ0n) is 17.0. The molecule has 1 saturated heterocycles. The normalized spacial score (nSPS) is 15.2. The molecule has 1 aliphatic rings. The topological polar surface area (TPSA) is 41.6 Å². The minimum atomic E-state index is 0.0871. The van der Waals surface area contributed by atoms with Gasteiger partial charge in [-0.2, -0.15) is 0 Å². The second-order valence-corrected chi connectivity index (χ2v) is 8.23. The van der Waals surface area contributed by atoms with Crippen LogP contribution in [0.3, 0.4) is 0 Å². The Morgan fingerprint density at radius 2 is 1.73 bits per heavy atom. The van der Waals surface area contributed by atoms with E-state index in [9.17, 15) is 4.79 Å². The van der Waals surface area contributed by atoms with Crippen LogP contribution in [0.5, 0.6) is 5.75 Å². The van der Waals surface area contributed by atoms with E-state index in [0.717, 1.165) is 54.0 Å². The molecule has 1 heterocycles. The summed E-state index contributed by atoms with van der Waals surface area (Å²) in [5.41, 5.74) is 1.26. The van der Waals surface area contributed by atoms with Crippen molar-refractivity contribution in [2.24, 2.45) is 5.92 Å². The van der Waals surface area contributed by atoms with Gasteiger partial charge in [-0.25, -0.2) is 0 Å². The zero-order valence-corrected chi connectivity index (χ0v) is 17.8. The Labute approximate surface area is 182 Å². The van der Waals surface area contributed by atoms with Crippen LogP contribution in [0.15, 0.2) is 66.7 Å². The van der Waals surface area contributed by atoms with Crippen molar-refractivity contribution in [1.82, 2.24) is 10.2 Å². The van der Waals surface area contributed by atoms with Crippen LogP contribution in [-0.2, 0) is 11.3 Å². The lowest BCUT2D eigenvalue weighted by atomic mass is 9.95. The van der Waals surface area contributed by atoms with E-state index in [-0.39, 0.29) is 11.8 Å². The van der Waals surface area contributed by atoms with Gasteiger partial charge in [-0.15, -0.1) is 0 Å². The number of carbonyl (C=O) groups excluding carboxylic acids is 1. The fraction of sp³-hybridized carbons (Fsp3) is 0.320. The molecule has 1 N–H and O–H groups in total. The molecule has 0 spiro atoms. The molecule has 0 unspecified atom stereocenters. The molecule has 1 amide bonds. The summed E-state index contributed by atoms with van der Waals surface area (Å²) in [4.78, 5) is 14.9. The first kappa shape index (κ1) is 20.7. The van der Waals surface area contributed by atoms with Crippen LogP contribution in [0.4, 0.5) is 0 Å². The Hall–Kier alpha value is -2.56. The van der Waals surface area contributed by atoms with Crippen molar-refractivity contribution in [1.29, 1.82) is 0 Å². The van der Waals surface area contributed by atoms with Crippen LogP contribution in [0, 0.1) is 5.92 Å². The summed E-state index contributed by atoms with van der Waals surface area (Å²) in [6, 6.07) is 22.2. The molecule has 4 nitrogen and oxygen atoms in total. The minimum Gasteiger partial charge on any atom is -0.491 e. The van der Waals surface area contributed by atoms with E-state index in [2.05, 4.69) is 40.5 Å². The van der Waals surface area contributed by atoms with Gasteiger partial charge in [0.05, 0.1) is 6.54 Å². The van der Waals surface area contributed by atoms with Gasteiger partial charge < -0.3 is 10.1 Å². The molecule has 1 aliphatic heterocycles. The van der Waals surface area contributed by atoms with Crippen molar-refractivity contribution >= 4 is 28.3 Å². The third-order valence-electron chi connectivity index (χ3n) is 5.69. The number of benzene rings is 3. The highest BCUT2D eigenvalue weighted by molar-refractivity contribution is 6.30. The standard InChI is InChI=1S/C25H27ClN2O2/c26-22-10-8-19(9-11-22)18-28-15-12-21(13-16-28)25(29)27-14-17-30-24-7-3-5-20-4-1-2-6-23(20)24/h1-11,21H,12-18H2,(H,27,29). The van der Waals surface area contributed by atoms with Gasteiger partial charge in [0.1, 0.15) is 12.4 Å². The average Bonchev–Trinajstić information content (AvgIpc) is 2.79. The van der Waals surface area contributed by atoms with Crippen molar-refractivity contribution in [2.45, 2.75) is 19.4 Å². The van der Waals surface area contributed by atoms with Gasteiger partial charge >= 0.3 is 0 Å². The summed E-state index contributed by atoms with van der Waals surface area (Å²) in [7, 11) is 0. The van der Waals surface area contributed by atoms with Crippen molar-refractivity contribution in [3.05, 3.63) is 77.3 Å². The second kappa shape index (κ2) is 9.96. The molecule has 3 aromatic rings. The molecule has 4 rings (SSSR count). The number of nitrogens with one attached hydrogen (secondary N) is 1. The molecule has 0 aliphatic carbocycles. The lowest BCUT2D eigenvalue weighted by Crippen LogP contribution is -2.41. The van der Waals surface area contributed by atoms with Gasteiger partial charge in [0, 0.05) is 22.9 Å². The van der Waals surface area contributed by atoms with Gasteiger partial charge in [-0.1, -0.05) is 60.1 Å². The van der Waals surface area contributed by atoms with Crippen molar-refractivity contribution in [3.8, 4) is 5.75 Å². The monoisotopic (exact) mass is 422 g/mol. The van der Waals surface area contributed by atoms with Crippen molar-refractivity contribution in [2.75, 3.05) is 26.2 Å². The average molecular weight is 423 g/mol. The Morgan fingerprint density at radius 1 is 1.00 bits per heavy atom. The van der Waals surface area contributed by atoms with Gasteiger partial charge in [-0.3, -0.25) is 9.69 Å². The maximum atomic E-state index is 12.5. The second-order valence-electron chi connectivity index (χ2n) is 7.79. The number of amides is 1. The molecule has 0 aromatic heterocycles. The minimum absolute atomic E-state index is 0.0871. The summed E-state index contributed by atoms with van der Waals surface area (Å²) in [5.74, 6) is 1.09.